The maximum Gasteiger partial charge on any atom is 0.319 e. The van der Waals surface area contributed by atoms with Crippen LogP contribution >= 0.6 is 11.6 Å². The van der Waals surface area contributed by atoms with Crippen LogP contribution in [0.4, 0.5) is 4.79 Å². The quantitative estimate of drug-likeness (QED) is 0.377. The van der Waals surface area contributed by atoms with E-state index >= 15 is 0 Å². The number of rotatable bonds is 12. The molecule has 0 saturated carbocycles. The van der Waals surface area contributed by atoms with Crippen LogP contribution in [0.1, 0.15) is 12.8 Å². The molecular weight excluding hydrogens is 528 g/mol. The van der Waals surface area contributed by atoms with Crippen molar-refractivity contribution >= 4 is 28.5 Å². The topological polar surface area (TPSA) is 122 Å². The SMILES string of the molecule is COc1cc2c(OC3=CCC=C(NC(=O)NCC4COC4)C(Cl)=C3)ncnc2cc1OCCCOC1COC1. The summed E-state index contributed by atoms with van der Waals surface area (Å²) in [5.74, 6) is 2.27. The number of halogens is 1. The number of ether oxygens (including phenoxy) is 6. The lowest BCUT2D eigenvalue weighted by molar-refractivity contribution is -0.130. The summed E-state index contributed by atoms with van der Waals surface area (Å²) in [4.78, 5) is 21.0. The van der Waals surface area contributed by atoms with Crippen LogP contribution in [0.3, 0.4) is 0 Å². The molecule has 5 rings (SSSR count). The normalized spacial score (nSPS) is 17.6. The Hall–Kier alpha value is -3.38. The lowest BCUT2D eigenvalue weighted by Crippen LogP contribution is -2.43. The van der Waals surface area contributed by atoms with E-state index in [9.17, 15) is 4.79 Å². The van der Waals surface area contributed by atoms with Crippen LogP contribution in [0.5, 0.6) is 17.4 Å². The molecule has 2 saturated heterocycles. The van der Waals surface area contributed by atoms with Crippen LogP contribution < -0.4 is 24.8 Å². The third-order valence-electron chi connectivity index (χ3n) is 6.28. The molecule has 0 radical (unpaired) electrons. The summed E-state index contributed by atoms with van der Waals surface area (Å²) in [6.07, 6.45) is 8.15. The number of fused-ring (bicyclic) bond motifs is 1. The summed E-state index contributed by atoms with van der Waals surface area (Å²) >= 11 is 6.50. The number of carbonyl (C=O) groups is 1. The van der Waals surface area contributed by atoms with Crippen LogP contribution in [0.15, 0.2) is 53.2 Å². The van der Waals surface area contributed by atoms with E-state index in [1.807, 2.05) is 12.2 Å². The minimum absolute atomic E-state index is 0.194. The first-order chi connectivity index (χ1) is 19.1. The van der Waals surface area contributed by atoms with Crippen molar-refractivity contribution < 1.29 is 33.2 Å². The molecule has 1 aromatic heterocycles. The monoisotopic (exact) mass is 558 g/mol. The lowest BCUT2D eigenvalue weighted by atomic mass is 10.1. The Morgan fingerprint density at radius 3 is 2.69 bits per heavy atom. The van der Waals surface area contributed by atoms with E-state index in [0.29, 0.717) is 103 Å². The first kappa shape index (κ1) is 27.2. The molecule has 2 aromatic rings. The van der Waals surface area contributed by atoms with Crippen molar-refractivity contribution in [3.63, 3.8) is 0 Å². The summed E-state index contributed by atoms with van der Waals surface area (Å²) in [5.41, 5.74) is 1.13. The number of amides is 2. The molecule has 1 aliphatic carbocycles. The number of nitrogens with one attached hydrogen (secondary N) is 2. The second kappa shape index (κ2) is 13.1. The molecular formula is C27H31ClN4O7. The number of hydrogen-bond acceptors (Lipinski definition) is 9. The molecule has 3 aliphatic rings. The van der Waals surface area contributed by atoms with Gasteiger partial charge < -0.3 is 39.1 Å². The van der Waals surface area contributed by atoms with E-state index in [1.165, 1.54) is 6.33 Å². The number of carbonyl (C=O) groups excluding carboxylic acids is 1. The van der Waals surface area contributed by atoms with Crippen molar-refractivity contribution in [1.29, 1.82) is 0 Å². The third-order valence-corrected chi connectivity index (χ3v) is 6.59. The largest absolute Gasteiger partial charge is 0.493 e. The fourth-order valence-corrected chi connectivity index (χ4v) is 4.18. The Morgan fingerprint density at radius 2 is 1.95 bits per heavy atom. The smallest absolute Gasteiger partial charge is 0.319 e. The molecule has 208 valence electrons. The number of benzene rings is 1. The average molecular weight is 559 g/mol. The fourth-order valence-electron chi connectivity index (χ4n) is 3.95. The molecule has 1 aromatic carbocycles. The molecule has 0 unspecified atom stereocenters. The fraction of sp³-hybridized carbons (Fsp3) is 0.444. The van der Waals surface area contributed by atoms with E-state index in [0.717, 1.165) is 6.42 Å². The standard InChI is InChI=1S/C27H31ClN4O7/c1-34-24-9-20-23(10-25(24)38-7-3-6-37-19-14-36-15-19)30-16-31-26(20)39-18-4-2-5-22(21(28)8-18)32-27(33)29-11-17-12-35-13-17/h4-5,8-10,16-17,19H,2-3,6-7,11-15H2,1H3,(H2,29,32,33). The van der Waals surface area contributed by atoms with Gasteiger partial charge in [-0.05, 0) is 18.6 Å². The number of urea groups is 1. The van der Waals surface area contributed by atoms with Crippen LogP contribution in [-0.4, -0.2) is 75.4 Å². The van der Waals surface area contributed by atoms with E-state index in [1.54, 1.807) is 25.3 Å². The number of hydrogen-bond donors (Lipinski definition) is 2. The van der Waals surface area contributed by atoms with Crippen LogP contribution in [-0.2, 0) is 14.2 Å². The molecule has 0 bridgehead atoms. The van der Waals surface area contributed by atoms with E-state index < -0.39 is 0 Å². The number of aromatic nitrogens is 2. The Bertz CT molecular complexity index is 1270. The molecule has 2 fully saturated rings. The zero-order valence-electron chi connectivity index (χ0n) is 21.6. The highest BCUT2D eigenvalue weighted by Gasteiger charge is 2.20. The first-order valence-corrected chi connectivity index (χ1v) is 13.2. The molecule has 2 amide bonds. The number of methoxy groups -OCH3 is 1. The van der Waals surface area contributed by atoms with Gasteiger partial charge in [-0.2, -0.15) is 0 Å². The number of nitrogens with zero attached hydrogens (tertiary/aromatic N) is 2. The maximum atomic E-state index is 12.3. The predicted octanol–water partition coefficient (Wildman–Crippen LogP) is 3.44. The van der Waals surface area contributed by atoms with E-state index in [4.69, 9.17) is 40.0 Å². The van der Waals surface area contributed by atoms with Crippen molar-refractivity contribution in [3.8, 4) is 17.4 Å². The predicted molar refractivity (Wildman–Crippen MR) is 143 cm³/mol. The second-order valence-corrected chi connectivity index (χ2v) is 9.63. The van der Waals surface area contributed by atoms with Gasteiger partial charge in [0.05, 0.1) is 68.4 Å². The van der Waals surface area contributed by atoms with Gasteiger partial charge in [0.15, 0.2) is 11.5 Å². The van der Waals surface area contributed by atoms with Gasteiger partial charge in [-0.25, -0.2) is 14.8 Å². The van der Waals surface area contributed by atoms with Crippen molar-refractivity contribution in [2.24, 2.45) is 5.92 Å². The molecule has 2 N–H and O–H groups in total. The summed E-state index contributed by atoms with van der Waals surface area (Å²) in [5, 5.41) is 6.61. The highest BCUT2D eigenvalue weighted by Crippen LogP contribution is 2.35. The summed E-state index contributed by atoms with van der Waals surface area (Å²) < 4.78 is 33.5. The highest BCUT2D eigenvalue weighted by atomic mass is 35.5. The van der Waals surface area contributed by atoms with Gasteiger partial charge in [0.2, 0.25) is 5.88 Å². The highest BCUT2D eigenvalue weighted by molar-refractivity contribution is 6.32. The van der Waals surface area contributed by atoms with Gasteiger partial charge in [0.25, 0.3) is 0 Å². The zero-order chi connectivity index (χ0) is 27.0. The molecule has 12 heteroatoms. The molecule has 0 atom stereocenters. The third kappa shape index (κ3) is 7.18. The zero-order valence-corrected chi connectivity index (χ0v) is 22.4. The Kier molecular flexibility index (Phi) is 9.15. The van der Waals surface area contributed by atoms with Gasteiger partial charge >= 0.3 is 6.03 Å². The minimum Gasteiger partial charge on any atom is -0.493 e. The summed E-state index contributed by atoms with van der Waals surface area (Å²) in [7, 11) is 1.57. The maximum absolute atomic E-state index is 12.3. The van der Waals surface area contributed by atoms with Gasteiger partial charge in [-0.15, -0.1) is 0 Å². The molecule has 39 heavy (non-hydrogen) atoms. The van der Waals surface area contributed by atoms with E-state index in [2.05, 4.69) is 20.6 Å². The van der Waals surface area contributed by atoms with E-state index in [-0.39, 0.29) is 12.1 Å². The van der Waals surface area contributed by atoms with Crippen molar-refractivity contribution in [1.82, 2.24) is 20.6 Å². The van der Waals surface area contributed by atoms with Crippen LogP contribution in [0, 0.1) is 5.92 Å². The van der Waals surface area contributed by atoms with Crippen LogP contribution in [0.25, 0.3) is 10.9 Å². The average Bonchev–Trinajstić information content (AvgIpc) is 3.04. The Labute approximate surface area is 231 Å². The van der Waals surface area contributed by atoms with Gasteiger partial charge in [-0.3, -0.25) is 0 Å². The Morgan fingerprint density at radius 1 is 1.10 bits per heavy atom. The second-order valence-electron chi connectivity index (χ2n) is 9.22. The van der Waals surface area contributed by atoms with Gasteiger partial charge in [0, 0.05) is 31.0 Å². The van der Waals surface area contributed by atoms with Crippen LogP contribution in [0.2, 0.25) is 0 Å². The van der Waals surface area contributed by atoms with Gasteiger partial charge in [-0.1, -0.05) is 17.7 Å². The number of allylic oxidation sites excluding steroid dienone is 4. The molecule has 11 nitrogen and oxygen atoms in total. The Balaban J connectivity index is 1.21. The molecule has 0 spiro atoms. The first-order valence-electron chi connectivity index (χ1n) is 12.8. The lowest BCUT2D eigenvalue weighted by Gasteiger charge is -2.26. The molecule has 2 aliphatic heterocycles. The summed E-state index contributed by atoms with van der Waals surface area (Å²) in [6, 6.07) is 3.26. The van der Waals surface area contributed by atoms with Gasteiger partial charge in [0.1, 0.15) is 18.2 Å². The van der Waals surface area contributed by atoms with Crippen molar-refractivity contribution in [2.75, 3.05) is 53.3 Å². The molecule has 3 heterocycles. The van der Waals surface area contributed by atoms with Crippen molar-refractivity contribution in [3.05, 3.63) is 53.2 Å². The summed E-state index contributed by atoms with van der Waals surface area (Å²) in [6.45, 7) is 4.26. The van der Waals surface area contributed by atoms with Crippen molar-refractivity contribution in [2.45, 2.75) is 18.9 Å². The minimum atomic E-state index is -0.323.